The fourth-order valence-electron chi connectivity index (χ4n) is 6.09. The zero-order valence-electron chi connectivity index (χ0n) is 20.3. The van der Waals surface area contributed by atoms with Crippen LogP contribution in [0.1, 0.15) is 44.5 Å². The first-order valence-electron chi connectivity index (χ1n) is 12.5. The Labute approximate surface area is 209 Å². The molecule has 194 valence electrons. The van der Waals surface area contributed by atoms with Crippen LogP contribution in [-0.2, 0) is 20.6 Å². The molecule has 1 saturated carbocycles. The summed E-state index contributed by atoms with van der Waals surface area (Å²) in [4.78, 5) is 4.67. The Morgan fingerprint density at radius 3 is 2.63 bits per heavy atom. The topological polar surface area (TPSA) is 134 Å². The Kier molecular flexibility index (Phi) is 6.97. The zero-order chi connectivity index (χ0) is 25.0. The SMILES string of the molecule is CC[C@@H]1[C@H](O)[C@H](NC)[C@H]2O[C@]3(O)[C@H](O[C@@H]2[C@H]1O)O[C@H](C)C[C@@]3(O)CCCc1nc2ccccc2s1. The largest absolute Gasteiger partial charge is 0.391 e. The number of aryl methyl sites for hydroxylation is 1. The maximum absolute atomic E-state index is 11.8. The summed E-state index contributed by atoms with van der Waals surface area (Å²) in [5.41, 5.74) is -0.690. The van der Waals surface area contributed by atoms with Crippen LogP contribution in [0.3, 0.4) is 0 Å². The predicted molar refractivity (Wildman–Crippen MR) is 130 cm³/mol. The van der Waals surface area contributed by atoms with E-state index in [2.05, 4.69) is 10.3 Å². The summed E-state index contributed by atoms with van der Waals surface area (Å²) >= 11 is 1.63. The number of fused-ring (bicyclic) bond motifs is 3. The lowest BCUT2D eigenvalue weighted by molar-refractivity contribution is -0.485. The minimum Gasteiger partial charge on any atom is -0.391 e. The maximum atomic E-state index is 11.8. The van der Waals surface area contributed by atoms with Gasteiger partial charge in [0, 0.05) is 12.3 Å². The lowest BCUT2D eigenvalue weighted by atomic mass is 9.73. The third-order valence-corrected chi connectivity index (χ3v) is 9.04. The predicted octanol–water partition coefficient (Wildman–Crippen LogP) is 1.31. The second kappa shape index (κ2) is 9.59. The van der Waals surface area contributed by atoms with Crippen LogP contribution in [0.15, 0.2) is 24.3 Å². The molecule has 3 heterocycles. The minimum absolute atomic E-state index is 0.160. The van der Waals surface area contributed by atoms with Crippen molar-refractivity contribution in [2.45, 2.75) is 100 Å². The number of nitrogens with zero attached hydrogens (tertiary/aromatic N) is 1. The van der Waals surface area contributed by atoms with E-state index in [9.17, 15) is 20.4 Å². The van der Waals surface area contributed by atoms with Gasteiger partial charge in [-0.25, -0.2) is 4.98 Å². The number of aliphatic hydroxyl groups excluding tert-OH is 2. The van der Waals surface area contributed by atoms with E-state index in [0.29, 0.717) is 19.3 Å². The fourth-order valence-corrected chi connectivity index (χ4v) is 7.10. The van der Waals surface area contributed by atoms with Gasteiger partial charge in [-0.15, -0.1) is 11.3 Å². The van der Waals surface area contributed by atoms with Crippen molar-refractivity contribution < 1.29 is 34.6 Å². The number of likely N-dealkylation sites (N-methyl/N-ethyl adjacent to an activating group) is 1. The number of aliphatic hydroxyl groups is 4. The molecule has 2 saturated heterocycles. The maximum Gasteiger partial charge on any atom is 0.248 e. The number of thiazole rings is 1. The van der Waals surface area contributed by atoms with Gasteiger partial charge in [-0.2, -0.15) is 0 Å². The van der Waals surface area contributed by atoms with E-state index in [0.717, 1.165) is 15.2 Å². The van der Waals surface area contributed by atoms with Gasteiger partial charge in [-0.05, 0) is 51.8 Å². The molecule has 5 N–H and O–H groups in total. The number of rotatable bonds is 6. The monoisotopic (exact) mass is 508 g/mol. The first-order valence-corrected chi connectivity index (χ1v) is 13.3. The molecule has 5 rings (SSSR count). The number of aromatic nitrogens is 1. The van der Waals surface area contributed by atoms with Crippen LogP contribution in [0.2, 0.25) is 0 Å². The smallest absolute Gasteiger partial charge is 0.248 e. The molecule has 0 unspecified atom stereocenters. The summed E-state index contributed by atoms with van der Waals surface area (Å²) in [5.74, 6) is -2.57. The molecule has 2 aromatic rings. The first kappa shape index (κ1) is 25.4. The summed E-state index contributed by atoms with van der Waals surface area (Å²) in [6, 6.07) is 7.37. The molecule has 10 heteroatoms. The Bertz CT molecular complexity index is 1010. The van der Waals surface area contributed by atoms with Crippen molar-refractivity contribution >= 4 is 21.6 Å². The molecule has 0 radical (unpaired) electrons. The molecular formula is C25H36N2O7S. The highest BCUT2D eigenvalue weighted by Gasteiger charge is 2.68. The number of para-hydroxylation sites is 1. The average Bonchev–Trinajstić information content (AvgIpc) is 3.23. The van der Waals surface area contributed by atoms with Gasteiger partial charge >= 0.3 is 0 Å². The van der Waals surface area contributed by atoms with E-state index in [-0.39, 0.29) is 18.9 Å². The van der Waals surface area contributed by atoms with Crippen LogP contribution >= 0.6 is 11.3 Å². The van der Waals surface area contributed by atoms with Crippen LogP contribution < -0.4 is 5.32 Å². The Hall–Kier alpha value is -1.21. The van der Waals surface area contributed by atoms with Crippen molar-refractivity contribution in [3.63, 3.8) is 0 Å². The molecule has 1 aliphatic carbocycles. The van der Waals surface area contributed by atoms with Crippen molar-refractivity contribution in [1.82, 2.24) is 10.3 Å². The van der Waals surface area contributed by atoms with Gasteiger partial charge in [-0.1, -0.05) is 19.1 Å². The van der Waals surface area contributed by atoms with Crippen LogP contribution in [-0.4, -0.2) is 86.7 Å². The molecule has 9 nitrogen and oxygen atoms in total. The van der Waals surface area contributed by atoms with Gasteiger partial charge < -0.3 is 40.0 Å². The second-order valence-electron chi connectivity index (χ2n) is 10.2. The highest BCUT2D eigenvalue weighted by molar-refractivity contribution is 7.18. The van der Waals surface area contributed by atoms with E-state index in [1.165, 1.54) is 0 Å². The van der Waals surface area contributed by atoms with Crippen molar-refractivity contribution in [3.05, 3.63) is 29.3 Å². The van der Waals surface area contributed by atoms with Gasteiger partial charge in [0.15, 0.2) is 0 Å². The molecule has 0 spiro atoms. The second-order valence-corrected chi connectivity index (χ2v) is 11.3. The summed E-state index contributed by atoms with van der Waals surface area (Å²) in [7, 11) is 1.69. The molecule has 0 amide bonds. The highest BCUT2D eigenvalue weighted by atomic mass is 32.1. The number of benzene rings is 1. The van der Waals surface area contributed by atoms with Gasteiger partial charge in [0.05, 0.1) is 39.6 Å². The first-order chi connectivity index (χ1) is 16.7. The van der Waals surface area contributed by atoms with E-state index in [1.807, 2.05) is 38.1 Å². The van der Waals surface area contributed by atoms with Crippen molar-refractivity contribution in [3.8, 4) is 0 Å². The van der Waals surface area contributed by atoms with Gasteiger partial charge in [0.1, 0.15) is 17.8 Å². The third kappa shape index (κ3) is 4.22. The molecule has 0 bridgehead atoms. The Morgan fingerprint density at radius 2 is 1.91 bits per heavy atom. The molecule has 3 fully saturated rings. The zero-order valence-corrected chi connectivity index (χ0v) is 21.1. The van der Waals surface area contributed by atoms with Crippen molar-refractivity contribution in [2.75, 3.05) is 7.05 Å². The molecule has 1 aromatic carbocycles. The van der Waals surface area contributed by atoms with E-state index in [4.69, 9.17) is 14.2 Å². The Morgan fingerprint density at radius 1 is 1.14 bits per heavy atom. The van der Waals surface area contributed by atoms with Crippen molar-refractivity contribution in [2.24, 2.45) is 5.92 Å². The van der Waals surface area contributed by atoms with Crippen molar-refractivity contribution in [1.29, 1.82) is 0 Å². The quantitative estimate of drug-likeness (QED) is 0.392. The fraction of sp³-hybridized carbons (Fsp3) is 0.720. The Balaban J connectivity index is 1.36. The molecule has 2 aliphatic heterocycles. The molecule has 1 aromatic heterocycles. The lowest BCUT2D eigenvalue weighted by Gasteiger charge is -2.60. The third-order valence-electron chi connectivity index (χ3n) is 7.95. The number of hydrogen-bond donors (Lipinski definition) is 5. The normalized spacial score (nSPS) is 43.6. The van der Waals surface area contributed by atoms with Crippen LogP contribution in [0.25, 0.3) is 10.2 Å². The number of hydrogen-bond acceptors (Lipinski definition) is 10. The van der Waals surface area contributed by atoms with E-state index >= 15 is 0 Å². The summed E-state index contributed by atoms with van der Waals surface area (Å²) in [5, 5.41) is 49.4. The van der Waals surface area contributed by atoms with Gasteiger partial charge in [0.25, 0.3) is 0 Å². The summed E-state index contributed by atoms with van der Waals surface area (Å²) < 4.78 is 19.3. The highest BCUT2D eigenvalue weighted by Crippen LogP contribution is 2.49. The van der Waals surface area contributed by atoms with Gasteiger partial charge in [0.2, 0.25) is 12.1 Å². The molecule has 3 aliphatic rings. The lowest BCUT2D eigenvalue weighted by Crippen LogP contribution is -2.78. The van der Waals surface area contributed by atoms with Crippen LogP contribution in [0.5, 0.6) is 0 Å². The van der Waals surface area contributed by atoms with Gasteiger partial charge in [-0.3, -0.25) is 0 Å². The summed E-state index contributed by atoms with van der Waals surface area (Å²) in [6.07, 6.45) is -3.05. The number of ether oxygens (including phenoxy) is 3. The van der Waals surface area contributed by atoms with Crippen LogP contribution in [0.4, 0.5) is 0 Å². The standard InChI is InChI=1S/C25H36N2O7S/c1-4-14-19(28)18(26-3)21-22(20(14)29)33-23-25(31,34-21)24(30,12-13(2)32-23)11-7-10-17-27-15-8-5-6-9-16(15)35-17/h5-6,8-9,13-14,18-23,26,28-31H,4,7,10-12H2,1-3H3/t13-,14-,18+,19+,20+,21-,22-,23+,24+,25-/m1/s1. The molecular weight excluding hydrogens is 472 g/mol. The molecule has 35 heavy (non-hydrogen) atoms. The van der Waals surface area contributed by atoms with E-state index < -0.39 is 54.1 Å². The average molecular weight is 509 g/mol. The summed E-state index contributed by atoms with van der Waals surface area (Å²) in [6.45, 7) is 3.72. The molecule has 10 atom stereocenters. The van der Waals surface area contributed by atoms with E-state index in [1.54, 1.807) is 18.4 Å². The minimum atomic E-state index is -2.15. The number of nitrogens with one attached hydrogen (secondary N) is 1. The van der Waals surface area contributed by atoms with Crippen LogP contribution in [0, 0.1) is 5.92 Å².